The zero-order valence-electron chi connectivity index (χ0n) is 19.8. The molecule has 9 nitrogen and oxygen atoms in total. The molecule has 0 aliphatic heterocycles. The minimum atomic E-state index is -0.390. The molecule has 2 aromatic heterocycles. The number of carbonyl (C=O) groups is 2. The quantitative estimate of drug-likeness (QED) is 0.248. The standard InChI is InChI=1S/C26H21FN6O3S2/c27-17-10-12-18(13-11-17)33-22(14-28-23(34)15-36-19-6-2-1-3-7-19)31-32-26(33)37-16-24(35)30-25-29-20-8-4-5-9-21(20)38-25/h1-13H,14-16H2,(H,28,34)(H,29,30,35). The Morgan fingerprint density at radius 2 is 1.71 bits per heavy atom. The number of aromatic nitrogens is 4. The van der Waals surface area contributed by atoms with Crippen LogP contribution >= 0.6 is 23.1 Å². The van der Waals surface area contributed by atoms with Gasteiger partial charge in [0.2, 0.25) is 5.91 Å². The summed E-state index contributed by atoms with van der Waals surface area (Å²) < 4.78 is 21.7. The van der Waals surface area contributed by atoms with Crippen LogP contribution in [0.2, 0.25) is 0 Å². The number of hydrogen-bond donors (Lipinski definition) is 2. The van der Waals surface area contributed by atoms with E-state index in [0.717, 1.165) is 10.2 Å². The van der Waals surface area contributed by atoms with Gasteiger partial charge in [0, 0.05) is 5.69 Å². The Balaban J connectivity index is 1.25. The molecule has 0 radical (unpaired) electrons. The smallest absolute Gasteiger partial charge is 0.258 e. The molecule has 2 amide bonds. The summed E-state index contributed by atoms with van der Waals surface area (Å²) in [4.78, 5) is 29.4. The number of fused-ring (bicyclic) bond motifs is 1. The predicted octanol–water partition coefficient (Wildman–Crippen LogP) is 4.44. The van der Waals surface area contributed by atoms with Crippen LogP contribution in [0.25, 0.3) is 15.9 Å². The van der Waals surface area contributed by atoms with Crippen molar-refractivity contribution in [2.75, 3.05) is 17.7 Å². The molecule has 0 aliphatic carbocycles. The van der Waals surface area contributed by atoms with E-state index in [-0.39, 0.29) is 36.5 Å². The maximum Gasteiger partial charge on any atom is 0.258 e. The van der Waals surface area contributed by atoms with Crippen LogP contribution in [-0.4, -0.2) is 43.9 Å². The van der Waals surface area contributed by atoms with Crippen molar-refractivity contribution in [3.8, 4) is 11.4 Å². The van der Waals surface area contributed by atoms with Crippen molar-refractivity contribution in [3.05, 3.63) is 90.5 Å². The van der Waals surface area contributed by atoms with Gasteiger partial charge < -0.3 is 15.4 Å². The monoisotopic (exact) mass is 548 g/mol. The maximum absolute atomic E-state index is 13.6. The third kappa shape index (κ3) is 6.33. The minimum Gasteiger partial charge on any atom is -0.484 e. The average molecular weight is 549 g/mol. The first-order chi connectivity index (χ1) is 18.5. The van der Waals surface area contributed by atoms with Gasteiger partial charge in [-0.3, -0.25) is 14.2 Å². The highest BCUT2D eigenvalue weighted by Gasteiger charge is 2.17. The molecule has 12 heteroatoms. The maximum atomic E-state index is 13.6. The van der Waals surface area contributed by atoms with E-state index in [9.17, 15) is 14.0 Å². The summed E-state index contributed by atoms with van der Waals surface area (Å²) in [7, 11) is 0. The molecule has 0 bridgehead atoms. The zero-order valence-corrected chi connectivity index (χ0v) is 21.5. The van der Waals surface area contributed by atoms with Gasteiger partial charge in [-0.15, -0.1) is 10.2 Å². The van der Waals surface area contributed by atoms with Gasteiger partial charge in [0.1, 0.15) is 11.6 Å². The summed E-state index contributed by atoms with van der Waals surface area (Å²) in [6.07, 6.45) is 0. The van der Waals surface area contributed by atoms with Crippen LogP contribution in [0, 0.1) is 5.82 Å². The predicted molar refractivity (Wildman–Crippen MR) is 144 cm³/mol. The van der Waals surface area contributed by atoms with E-state index in [2.05, 4.69) is 25.8 Å². The number of anilines is 1. The highest BCUT2D eigenvalue weighted by Crippen LogP contribution is 2.26. The Bertz CT molecular complexity index is 1520. The number of benzene rings is 3. The second-order valence-corrected chi connectivity index (χ2v) is 9.89. The fourth-order valence-electron chi connectivity index (χ4n) is 3.46. The average Bonchev–Trinajstić information content (AvgIpc) is 3.54. The van der Waals surface area contributed by atoms with Gasteiger partial charge in [0.25, 0.3) is 5.91 Å². The van der Waals surface area contributed by atoms with Gasteiger partial charge in [-0.25, -0.2) is 9.37 Å². The summed E-state index contributed by atoms with van der Waals surface area (Å²) >= 11 is 2.56. The number of para-hydroxylation sites is 2. The van der Waals surface area contributed by atoms with E-state index in [4.69, 9.17) is 4.74 Å². The van der Waals surface area contributed by atoms with Crippen LogP contribution in [0.1, 0.15) is 5.82 Å². The summed E-state index contributed by atoms with van der Waals surface area (Å²) in [5.41, 5.74) is 1.41. The Kier molecular flexibility index (Phi) is 7.90. The molecule has 192 valence electrons. The first-order valence-electron chi connectivity index (χ1n) is 11.5. The van der Waals surface area contributed by atoms with Crippen molar-refractivity contribution in [2.45, 2.75) is 11.7 Å². The third-order valence-corrected chi connectivity index (χ3v) is 7.10. The molecule has 0 fully saturated rings. The van der Waals surface area contributed by atoms with Gasteiger partial charge in [-0.1, -0.05) is 53.4 Å². The van der Waals surface area contributed by atoms with Crippen LogP contribution in [-0.2, 0) is 16.1 Å². The highest BCUT2D eigenvalue weighted by molar-refractivity contribution is 7.99. The summed E-state index contributed by atoms with van der Waals surface area (Å²) in [5.74, 6) is 0.0624. The lowest BCUT2D eigenvalue weighted by atomic mass is 10.3. The molecule has 2 N–H and O–H groups in total. The molecule has 0 aliphatic rings. The van der Waals surface area contributed by atoms with Gasteiger partial charge in [0.15, 0.2) is 22.7 Å². The van der Waals surface area contributed by atoms with E-state index in [1.54, 1.807) is 28.8 Å². The van der Waals surface area contributed by atoms with Crippen LogP contribution in [0.5, 0.6) is 5.75 Å². The van der Waals surface area contributed by atoms with Crippen molar-refractivity contribution in [1.82, 2.24) is 25.1 Å². The molecule has 0 saturated carbocycles. The van der Waals surface area contributed by atoms with Crippen LogP contribution in [0.15, 0.2) is 84.0 Å². The molecule has 2 heterocycles. The number of nitrogens with one attached hydrogen (secondary N) is 2. The second-order valence-electron chi connectivity index (χ2n) is 7.91. The molecule has 0 atom stereocenters. The lowest BCUT2D eigenvalue weighted by molar-refractivity contribution is -0.123. The van der Waals surface area contributed by atoms with Gasteiger partial charge in [-0.05, 0) is 48.5 Å². The Morgan fingerprint density at radius 3 is 2.50 bits per heavy atom. The molecule has 0 spiro atoms. The van der Waals surface area contributed by atoms with Crippen molar-refractivity contribution in [3.63, 3.8) is 0 Å². The first kappa shape index (κ1) is 25.4. The fourth-order valence-corrected chi connectivity index (χ4v) is 5.12. The van der Waals surface area contributed by atoms with E-state index >= 15 is 0 Å². The second kappa shape index (κ2) is 11.8. The SMILES string of the molecule is O=C(COc1ccccc1)NCc1nnc(SCC(=O)Nc2nc3ccccc3s2)n1-c1ccc(F)cc1. The Labute approximate surface area is 225 Å². The number of halogens is 1. The molecule has 3 aromatic carbocycles. The Hall–Kier alpha value is -4.29. The number of thioether (sulfide) groups is 1. The molecule has 5 rings (SSSR count). The topological polar surface area (TPSA) is 111 Å². The highest BCUT2D eigenvalue weighted by atomic mass is 32.2. The number of amides is 2. The summed E-state index contributed by atoms with van der Waals surface area (Å²) in [5, 5.41) is 14.9. The molecule has 0 saturated heterocycles. The number of hydrogen-bond acceptors (Lipinski definition) is 8. The molecule has 0 unspecified atom stereocenters. The van der Waals surface area contributed by atoms with Crippen molar-refractivity contribution in [1.29, 1.82) is 0 Å². The van der Waals surface area contributed by atoms with Crippen LogP contribution < -0.4 is 15.4 Å². The van der Waals surface area contributed by atoms with Crippen molar-refractivity contribution >= 4 is 50.3 Å². The third-order valence-electron chi connectivity index (χ3n) is 5.21. The van der Waals surface area contributed by atoms with E-state index in [1.165, 1.54) is 35.2 Å². The lowest BCUT2D eigenvalue weighted by Crippen LogP contribution is -2.29. The summed E-state index contributed by atoms with van der Waals surface area (Å²) in [6, 6.07) is 22.4. The fraction of sp³-hybridized carbons (Fsp3) is 0.115. The molecule has 5 aromatic rings. The van der Waals surface area contributed by atoms with Gasteiger partial charge >= 0.3 is 0 Å². The molecular formula is C26H21FN6O3S2. The lowest BCUT2D eigenvalue weighted by Gasteiger charge is -2.11. The van der Waals surface area contributed by atoms with Gasteiger partial charge in [-0.2, -0.15) is 0 Å². The zero-order chi connectivity index (χ0) is 26.3. The summed E-state index contributed by atoms with van der Waals surface area (Å²) in [6.45, 7) is -0.109. The van der Waals surface area contributed by atoms with Crippen LogP contribution in [0.3, 0.4) is 0 Å². The van der Waals surface area contributed by atoms with Crippen molar-refractivity contribution in [2.24, 2.45) is 0 Å². The molecular weight excluding hydrogens is 527 g/mol. The number of nitrogens with zero attached hydrogens (tertiary/aromatic N) is 4. The number of carbonyl (C=O) groups excluding carboxylic acids is 2. The number of ether oxygens (including phenoxy) is 1. The minimum absolute atomic E-state index is 0.0481. The Morgan fingerprint density at radius 1 is 0.947 bits per heavy atom. The molecule has 38 heavy (non-hydrogen) atoms. The normalized spacial score (nSPS) is 10.9. The largest absolute Gasteiger partial charge is 0.484 e. The van der Waals surface area contributed by atoms with Crippen molar-refractivity contribution < 1.29 is 18.7 Å². The van der Waals surface area contributed by atoms with E-state index in [1.807, 2.05) is 42.5 Å². The number of rotatable bonds is 10. The first-order valence-corrected chi connectivity index (χ1v) is 13.3. The van der Waals surface area contributed by atoms with E-state index < -0.39 is 0 Å². The van der Waals surface area contributed by atoms with Gasteiger partial charge in [0.05, 0.1) is 22.5 Å². The van der Waals surface area contributed by atoms with Crippen LogP contribution in [0.4, 0.5) is 9.52 Å². The number of thiazole rings is 1. The van der Waals surface area contributed by atoms with E-state index in [0.29, 0.717) is 27.5 Å².